The molecule has 1 N–H and O–H groups in total. The SMILES string of the molecule is CC(C)Oc1ccc(/C(O)=C2\C(=O)C(=O)N(c3ccc(F)c(F)c3)C2c2ccc(N(C)C)cc2)cc1. The van der Waals surface area contributed by atoms with Crippen LogP contribution in [0.15, 0.2) is 72.3 Å². The summed E-state index contributed by atoms with van der Waals surface area (Å²) in [4.78, 5) is 29.4. The second-order valence-corrected chi connectivity index (χ2v) is 8.94. The maximum absolute atomic E-state index is 14.1. The Bertz CT molecular complexity index is 1330. The highest BCUT2D eigenvalue weighted by Crippen LogP contribution is 2.42. The van der Waals surface area contributed by atoms with E-state index in [9.17, 15) is 23.5 Å². The zero-order valence-corrected chi connectivity index (χ0v) is 20.3. The van der Waals surface area contributed by atoms with Crippen LogP contribution >= 0.6 is 0 Å². The van der Waals surface area contributed by atoms with Crippen LogP contribution in [0.2, 0.25) is 0 Å². The van der Waals surface area contributed by atoms with Crippen LogP contribution in [0.25, 0.3) is 5.76 Å². The first-order chi connectivity index (χ1) is 17.1. The average molecular weight is 493 g/mol. The molecule has 0 saturated carbocycles. The third-order valence-electron chi connectivity index (χ3n) is 5.85. The average Bonchev–Trinajstić information content (AvgIpc) is 3.11. The first-order valence-corrected chi connectivity index (χ1v) is 11.4. The molecule has 1 unspecified atom stereocenters. The lowest BCUT2D eigenvalue weighted by Crippen LogP contribution is -2.29. The van der Waals surface area contributed by atoms with Crippen molar-refractivity contribution in [3.63, 3.8) is 0 Å². The molecule has 1 atom stereocenters. The van der Waals surface area contributed by atoms with Crippen LogP contribution in [0.1, 0.15) is 31.0 Å². The van der Waals surface area contributed by atoms with E-state index in [-0.39, 0.29) is 23.1 Å². The molecule has 36 heavy (non-hydrogen) atoms. The summed E-state index contributed by atoms with van der Waals surface area (Å²) in [5.41, 5.74) is 1.55. The number of amides is 1. The Balaban J connectivity index is 1.87. The van der Waals surface area contributed by atoms with Gasteiger partial charge in [0.15, 0.2) is 11.6 Å². The highest BCUT2D eigenvalue weighted by Gasteiger charge is 2.47. The van der Waals surface area contributed by atoms with E-state index in [0.29, 0.717) is 16.9 Å². The summed E-state index contributed by atoms with van der Waals surface area (Å²) in [5.74, 6) is -3.91. The topological polar surface area (TPSA) is 70.1 Å². The fourth-order valence-corrected chi connectivity index (χ4v) is 4.12. The number of benzene rings is 3. The van der Waals surface area contributed by atoms with Crippen molar-refractivity contribution in [3.05, 3.63) is 95.1 Å². The van der Waals surface area contributed by atoms with Gasteiger partial charge in [0, 0.05) is 37.1 Å². The Hall–Kier alpha value is -4.20. The molecule has 1 heterocycles. The molecule has 0 radical (unpaired) electrons. The summed E-state index contributed by atoms with van der Waals surface area (Å²) in [6.07, 6.45) is -0.0454. The molecule has 6 nitrogen and oxygen atoms in total. The molecule has 3 aromatic carbocycles. The number of carbonyl (C=O) groups is 2. The van der Waals surface area contributed by atoms with Crippen LogP contribution in [0.5, 0.6) is 5.75 Å². The number of rotatable bonds is 6. The minimum atomic E-state index is -1.16. The minimum absolute atomic E-state index is 0.00239. The van der Waals surface area contributed by atoms with Crippen molar-refractivity contribution < 1.29 is 28.2 Å². The third kappa shape index (κ3) is 4.66. The molecule has 1 amide bonds. The van der Waals surface area contributed by atoms with Gasteiger partial charge in [-0.2, -0.15) is 0 Å². The number of nitrogens with zero attached hydrogens (tertiary/aromatic N) is 2. The summed E-state index contributed by atoms with van der Waals surface area (Å²) < 4.78 is 33.4. The molecule has 0 aliphatic carbocycles. The minimum Gasteiger partial charge on any atom is -0.507 e. The van der Waals surface area contributed by atoms with Crippen molar-refractivity contribution in [1.82, 2.24) is 0 Å². The number of ether oxygens (including phenoxy) is 1. The highest BCUT2D eigenvalue weighted by atomic mass is 19.2. The van der Waals surface area contributed by atoms with Gasteiger partial charge in [0.25, 0.3) is 11.7 Å². The lowest BCUT2D eigenvalue weighted by atomic mass is 9.95. The van der Waals surface area contributed by atoms with Crippen molar-refractivity contribution in [1.29, 1.82) is 0 Å². The predicted molar refractivity (Wildman–Crippen MR) is 134 cm³/mol. The molecule has 1 saturated heterocycles. The normalized spacial score (nSPS) is 17.1. The number of Topliss-reactive ketones (excluding diaryl/α,β-unsaturated/α-hetero) is 1. The Morgan fingerprint density at radius 1 is 0.944 bits per heavy atom. The molecule has 4 rings (SSSR count). The number of ketones is 1. The van der Waals surface area contributed by atoms with Crippen molar-refractivity contribution in [3.8, 4) is 5.75 Å². The largest absolute Gasteiger partial charge is 0.507 e. The number of aliphatic hydroxyl groups excluding tert-OH is 1. The van der Waals surface area contributed by atoms with E-state index >= 15 is 0 Å². The maximum atomic E-state index is 14.1. The van der Waals surface area contributed by atoms with Gasteiger partial charge in [0.2, 0.25) is 0 Å². The summed E-state index contributed by atoms with van der Waals surface area (Å²) in [6.45, 7) is 3.77. The molecule has 8 heteroatoms. The second kappa shape index (κ2) is 9.81. The number of anilines is 2. The van der Waals surface area contributed by atoms with Crippen molar-refractivity contribution in [2.45, 2.75) is 26.0 Å². The molecule has 1 fully saturated rings. The molecule has 1 aliphatic rings. The lowest BCUT2D eigenvalue weighted by molar-refractivity contribution is -0.132. The van der Waals surface area contributed by atoms with Crippen molar-refractivity contribution in [2.75, 3.05) is 23.9 Å². The van der Waals surface area contributed by atoms with Crippen molar-refractivity contribution in [2.24, 2.45) is 0 Å². The van der Waals surface area contributed by atoms with Crippen LogP contribution in [-0.4, -0.2) is 37.0 Å². The zero-order valence-electron chi connectivity index (χ0n) is 20.3. The van der Waals surface area contributed by atoms with Gasteiger partial charge in [-0.3, -0.25) is 14.5 Å². The first kappa shape index (κ1) is 24.9. The summed E-state index contributed by atoms with van der Waals surface area (Å²) in [5, 5.41) is 11.2. The fraction of sp³-hybridized carbons (Fsp3) is 0.214. The smallest absolute Gasteiger partial charge is 0.300 e. The maximum Gasteiger partial charge on any atom is 0.300 e. The lowest BCUT2D eigenvalue weighted by Gasteiger charge is -2.26. The molecule has 1 aliphatic heterocycles. The van der Waals surface area contributed by atoms with Crippen LogP contribution in [-0.2, 0) is 9.59 Å². The first-order valence-electron chi connectivity index (χ1n) is 11.4. The quantitative estimate of drug-likeness (QED) is 0.282. The van der Waals surface area contributed by atoms with Gasteiger partial charge in [0.1, 0.15) is 11.5 Å². The van der Waals surface area contributed by atoms with E-state index in [0.717, 1.165) is 22.7 Å². The Morgan fingerprint density at radius 2 is 1.58 bits per heavy atom. The van der Waals surface area contributed by atoms with E-state index in [4.69, 9.17) is 4.74 Å². The highest BCUT2D eigenvalue weighted by molar-refractivity contribution is 6.51. The van der Waals surface area contributed by atoms with Crippen LogP contribution < -0.4 is 14.5 Å². The van der Waals surface area contributed by atoms with Crippen LogP contribution in [0, 0.1) is 11.6 Å². The number of carbonyl (C=O) groups excluding carboxylic acids is 2. The number of halogens is 2. The molecule has 0 spiro atoms. The molecule has 0 bridgehead atoms. The second-order valence-electron chi connectivity index (χ2n) is 8.94. The van der Waals surface area contributed by atoms with E-state index in [1.165, 1.54) is 6.07 Å². The molecular formula is C28H26F2N2O4. The van der Waals surface area contributed by atoms with E-state index < -0.39 is 29.4 Å². The molecule has 3 aromatic rings. The van der Waals surface area contributed by atoms with Crippen LogP contribution in [0.3, 0.4) is 0 Å². The van der Waals surface area contributed by atoms with E-state index in [1.807, 2.05) is 32.8 Å². The van der Waals surface area contributed by atoms with Crippen molar-refractivity contribution >= 4 is 28.8 Å². The summed E-state index contributed by atoms with van der Waals surface area (Å²) >= 11 is 0. The van der Waals surface area contributed by atoms with E-state index in [2.05, 4.69) is 0 Å². The molecular weight excluding hydrogens is 466 g/mol. The Kier molecular flexibility index (Phi) is 6.79. The number of hydrogen-bond acceptors (Lipinski definition) is 5. The summed E-state index contributed by atoms with van der Waals surface area (Å²) in [7, 11) is 3.74. The third-order valence-corrected chi connectivity index (χ3v) is 5.85. The van der Waals surface area contributed by atoms with E-state index in [1.54, 1.807) is 48.5 Å². The number of hydrogen-bond donors (Lipinski definition) is 1. The van der Waals surface area contributed by atoms with Crippen LogP contribution in [0.4, 0.5) is 20.2 Å². The fourth-order valence-electron chi connectivity index (χ4n) is 4.12. The van der Waals surface area contributed by atoms with Gasteiger partial charge < -0.3 is 14.7 Å². The van der Waals surface area contributed by atoms with Gasteiger partial charge in [-0.05, 0) is 67.9 Å². The Morgan fingerprint density at radius 3 is 2.14 bits per heavy atom. The Labute approximate surface area is 208 Å². The summed E-state index contributed by atoms with van der Waals surface area (Å²) in [6, 6.07) is 15.5. The van der Waals surface area contributed by atoms with Gasteiger partial charge in [0.05, 0.1) is 17.7 Å². The molecule has 186 valence electrons. The molecule has 0 aromatic heterocycles. The van der Waals surface area contributed by atoms with Gasteiger partial charge in [-0.1, -0.05) is 12.1 Å². The monoisotopic (exact) mass is 492 g/mol. The van der Waals surface area contributed by atoms with Gasteiger partial charge >= 0.3 is 0 Å². The zero-order chi connectivity index (χ0) is 26.1. The van der Waals surface area contributed by atoms with Gasteiger partial charge in [-0.25, -0.2) is 8.78 Å². The predicted octanol–water partition coefficient (Wildman–Crippen LogP) is 5.44. The van der Waals surface area contributed by atoms with Gasteiger partial charge in [-0.15, -0.1) is 0 Å². The number of aliphatic hydroxyl groups is 1. The standard InChI is InChI=1S/C28H26F2N2O4/c1-16(2)36-21-12-7-18(8-13-21)26(33)24-25(17-5-9-19(10-6-17)31(3)4)32(28(35)27(24)34)20-11-14-22(29)23(30)15-20/h5-16,25,33H,1-4H3/b26-24+.